The van der Waals surface area contributed by atoms with Crippen molar-refractivity contribution < 1.29 is 14.0 Å². The minimum atomic E-state index is -0.346. The van der Waals surface area contributed by atoms with Gasteiger partial charge < -0.3 is 15.1 Å². The van der Waals surface area contributed by atoms with E-state index in [0.717, 1.165) is 52.6 Å². The fourth-order valence-corrected chi connectivity index (χ4v) is 6.91. The van der Waals surface area contributed by atoms with Gasteiger partial charge in [0.25, 0.3) is 5.91 Å². The van der Waals surface area contributed by atoms with Crippen LogP contribution in [-0.4, -0.2) is 42.9 Å². The molecule has 5 nitrogen and oxygen atoms in total. The number of carbonyl (C=O) groups is 2. The first kappa shape index (κ1) is 28.3. The fraction of sp³-hybridized carbons (Fsp3) is 0.312. The van der Waals surface area contributed by atoms with Crippen molar-refractivity contribution in [2.24, 2.45) is 0 Å². The third kappa shape index (κ3) is 5.78. The normalized spacial score (nSPS) is 17.1. The zero-order chi connectivity index (χ0) is 28.4. The third-order valence-electron chi connectivity index (χ3n) is 7.98. The summed E-state index contributed by atoms with van der Waals surface area (Å²) in [7, 11) is 3.70. The molecule has 0 unspecified atom stereocenters. The number of hydrogen-bond acceptors (Lipinski definition) is 4. The fourth-order valence-electron chi connectivity index (χ4n) is 5.44. The molecule has 1 fully saturated rings. The van der Waals surface area contributed by atoms with Crippen LogP contribution in [0.1, 0.15) is 47.8 Å². The second-order valence-corrected chi connectivity index (χ2v) is 11.8. The van der Waals surface area contributed by atoms with Crippen molar-refractivity contribution in [3.8, 4) is 11.1 Å². The number of halogens is 2. The van der Waals surface area contributed by atoms with E-state index in [1.807, 2.05) is 66.5 Å². The first-order valence-electron chi connectivity index (χ1n) is 13.5. The van der Waals surface area contributed by atoms with Crippen LogP contribution >= 0.6 is 22.9 Å². The highest BCUT2D eigenvalue weighted by molar-refractivity contribution is 7.21. The van der Waals surface area contributed by atoms with Gasteiger partial charge in [-0.15, -0.1) is 11.3 Å². The summed E-state index contributed by atoms with van der Waals surface area (Å²) in [4.78, 5) is 29.7. The highest BCUT2D eigenvalue weighted by atomic mass is 35.5. The van der Waals surface area contributed by atoms with E-state index in [9.17, 15) is 9.59 Å². The lowest BCUT2D eigenvalue weighted by Crippen LogP contribution is -2.44. The molecule has 208 valence electrons. The van der Waals surface area contributed by atoms with Gasteiger partial charge in [-0.1, -0.05) is 48.0 Å². The first-order valence-corrected chi connectivity index (χ1v) is 14.7. The van der Waals surface area contributed by atoms with Crippen molar-refractivity contribution in [2.75, 3.05) is 19.0 Å². The Kier molecular flexibility index (Phi) is 8.54. The van der Waals surface area contributed by atoms with Crippen molar-refractivity contribution in [3.05, 3.63) is 88.0 Å². The van der Waals surface area contributed by atoms with E-state index in [1.165, 1.54) is 24.3 Å². The Bertz CT molecular complexity index is 1530. The van der Waals surface area contributed by atoms with Gasteiger partial charge >= 0.3 is 0 Å². The topological polar surface area (TPSA) is 52.6 Å². The summed E-state index contributed by atoms with van der Waals surface area (Å²) < 4.78 is 16.2. The Morgan fingerprint density at radius 3 is 2.33 bits per heavy atom. The lowest BCUT2D eigenvalue weighted by molar-refractivity contribution is -0.116. The maximum Gasteiger partial charge on any atom is 0.266 e. The van der Waals surface area contributed by atoms with Gasteiger partial charge in [0.15, 0.2) is 0 Å². The van der Waals surface area contributed by atoms with Crippen LogP contribution in [0.5, 0.6) is 0 Å². The molecule has 1 saturated carbocycles. The standard InChI is InChI=1S/C32H33ClFN3O2S/c1-20(38)36(3)25-13-8-21(9-14-25)22-10-17-28(34)23(18-22)19-37(26-15-11-24(35-2)12-16-26)32(39)31-30(33)27-6-4-5-7-29(27)40-31/h4-10,13-14,17-18,24,26,35H,11-12,15-16,19H2,1-3H3/t24-,26-. The van der Waals surface area contributed by atoms with Crippen molar-refractivity contribution in [2.45, 2.75) is 51.2 Å². The van der Waals surface area contributed by atoms with Gasteiger partial charge in [0.1, 0.15) is 10.7 Å². The summed E-state index contributed by atoms with van der Waals surface area (Å²) in [5.74, 6) is -0.551. The highest BCUT2D eigenvalue weighted by Crippen LogP contribution is 2.38. The summed E-state index contributed by atoms with van der Waals surface area (Å²) in [5, 5.41) is 4.68. The van der Waals surface area contributed by atoms with Crippen LogP contribution in [0.2, 0.25) is 5.02 Å². The highest BCUT2D eigenvalue weighted by Gasteiger charge is 2.32. The zero-order valence-electron chi connectivity index (χ0n) is 22.9. The second kappa shape index (κ2) is 12.1. The van der Waals surface area contributed by atoms with Crippen molar-refractivity contribution in [3.63, 3.8) is 0 Å². The van der Waals surface area contributed by atoms with E-state index in [4.69, 9.17) is 11.6 Å². The monoisotopic (exact) mass is 577 g/mol. The molecule has 1 heterocycles. The number of rotatable bonds is 7. The van der Waals surface area contributed by atoms with Crippen LogP contribution in [0.25, 0.3) is 21.2 Å². The molecule has 8 heteroatoms. The molecule has 4 aromatic rings. The number of fused-ring (bicyclic) bond motifs is 1. The number of carbonyl (C=O) groups excluding carboxylic acids is 2. The molecule has 0 saturated heterocycles. The SMILES string of the molecule is CN[C@H]1CC[C@H](N(Cc2cc(-c3ccc(N(C)C(C)=O)cc3)ccc2F)C(=O)c2sc3ccccc3c2Cl)CC1. The summed E-state index contributed by atoms with van der Waals surface area (Å²) in [5.41, 5.74) is 3.00. The molecule has 3 aromatic carbocycles. The third-order valence-corrected chi connectivity index (χ3v) is 9.65. The molecule has 1 N–H and O–H groups in total. The maximum absolute atomic E-state index is 15.3. The Labute approximate surface area is 243 Å². The smallest absolute Gasteiger partial charge is 0.266 e. The molecule has 0 atom stereocenters. The molecule has 1 aromatic heterocycles. The Morgan fingerprint density at radius 1 is 1.00 bits per heavy atom. The summed E-state index contributed by atoms with van der Waals surface area (Å²) in [6.45, 7) is 1.67. The molecule has 5 rings (SSSR count). The molecule has 0 aliphatic heterocycles. The predicted octanol–water partition coefficient (Wildman–Crippen LogP) is 7.52. The maximum atomic E-state index is 15.3. The average molecular weight is 578 g/mol. The summed E-state index contributed by atoms with van der Waals surface area (Å²) in [6.07, 6.45) is 3.59. The van der Waals surface area contributed by atoms with Gasteiger partial charge in [-0.3, -0.25) is 9.59 Å². The van der Waals surface area contributed by atoms with Crippen molar-refractivity contribution >= 4 is 50.5 Å². The van der Waals surface area contributed by atoms with Crippen LogP contribution in [0.15, 0.2) is 66.7 Å². The lowest BCUT2D eigenvalue weighted by atomic mass is 9.89. The van der Waals surface area contributed by atoms with Crippen molar-refractivity contribution in [1.29, 1.82) is 0 Å². The van der Waals surface area contributed by atoms with Gasteiger partial charge in [-0.05, 0) is 74.2 Å². The molecule has 0 bridgehead atoms. The molecular weight excluding hydrogens is 545 g/mol. The Balaban J connectivity index is 1.47. The number of amides is 2. The minimum absolute atomic E-state index is 0.0113. The van der Waals surface area contributed by atoms with Crippen molar-refractivity contribution in [1.82, 2.24) is 10.2 Å². The van der Waals surface area contributed by atoms with Crippen LogP contribution < -0.4 is 10.2 Å². The lowest BCUT2D eigenvalue weighted by Gasteiger charge is -2.37. The number of hydrogen-bond donors (Lipinski definition) is 1. The number of nitrogens with zero attached hydrogens (tertiary/aromatic N) is 2. The van der Waals surface area contributed by atoms with E-state index in [1.54, 1.807) is 18.0 Å². The van der Waals surface area contributed by atoms with Gasteiger partial charge in [-0.25, -0.2) is 4.39 Å². The largest absolute Gasteiger partial charge is 0.330 e. The molecule has 0 radical (unpaired) electrons. The zero-order valence-corrected chi connectivity index (χ0v) is 24.5. The van der Waals surface area contributed by atoms with E-state index in [2.05, 4.69) is 5.32 Å². The van der Waals surface area contributed by atoms with Crippen LogP contribution in [0, 0.1) is 5.82 Å². The molecular formula is C32H33ClFN3O2S. The average Bonchev–Trinajstić information content (AvgIpc) is 3.32. The molecule has 2 amide bonds. The van der Waals surface area contributed by atoms with E-state index in [-0.39, 0.29) is 30.2 Å². The molecule has 40 heavy (non-hydrogen) atoms. The van der Waals surface area contributed by atoms with E-state index < -0.39 is 0 Å². The van der Waals surface area contributed by atoms with Gasteiger partial charge in [0.2, 0.25) is 5.91 Å². The van der Waals surface area contributed by atoms with E-state index >= 15 is 4.39 Å². The second-order valence-electron chi connectivity index (χ2n) is 10.4. The minimum Gasteiger partial charge on any atom is -0.330 e. The quantitative estimate of drug-likeness (QED) is 0.247. The number of anilines is 1. The molecule has 0 spiro atoms. The summed E-state index contributed by atoms with van der Waals surface area (Å²) in [6, 6.07) is 20.8. The molecule has 1 aliphatic rings. The molecule has 1 aliphatic carbocycles. The summed E-state index contributed by atoms with van der Waals surface area (Å²) >= 11 is 8.12. The Hall–Kier alpha value is -3.26. The van der Waals surface area contributed by atoms with Crippen LogP contribution in [0.3, 0.4) is 0 Å². The Morgan fingerprint density at radius 2 is 1.68 bits per heavy atom. The predicted molar refractivity (Wildman–Crippen MR) is 163 cm³/mol. The van der Waals surface area contributed by atoms with Gasteiger partial charge in [0.05, 0.1) is 5.02 Å². The van der Waals surface area contributed by atoms with Gasteiger partial charge in [0, 0.05) is 53.9 Å². The first-order chi connectivity index (χ1) is 19.3. The van der Waals surface area contributed by atoms with Crippen LogP contribution in [-0.2, 0) is 11.3 Å². The number of nitrogens with one attached hydrogen (secondary N) is 1. The van der Waals surface area contributed by atoms with Gasteiger partial charge in [-0.2, -0.15) is 0 Å². The number of thiophene rings is 1. The number of benzene rings is 3. The van der Waals surface area contributed by atoms with Crippen LogP contribution in [0.4, 0.5) is 10.1 Å². The van der Waals surface area contributed by atoms with E-state index in [0.29, 0.717) is 21.5 Å².